The molecule has 0 N–H and O–H groups in total. The summed E-state index contributed by atoms with van der Waals surface area (Å²) in [6.07, 6.45) is 0. The normalized spacial score (nSPS) is 11.5. The van der Waals surface area contributed by atoms with E-state index in [1.165, 1.54) is 32.7 Å². The molecule has 0 amide bonds. The third kappa shape index (κ3) is 2.83. The molecule has 0 radical (unpaired) electrons. The Balaban J connectivity index is 2.12. The zero-order chi connectivity index (χ0) is 17.2. The summed E-state index contributed by atoms with van der Waals surface area (Å²) in [7, 11) is 2.29. The van der Waals surface area contributed by atoms with Crippen molar-refractivity contribution in [3.63, 3.8) is 0 Å². The van der Waals surface area contributed by atoms with Gasteiger partial charge < -0.3 is 9.05 Å². The van der Waals surface area contributed by atoms with Crippen LogP contribution in [-0.4, -0.2) is 14.2 Å². The smallest absolute Gasteiger partial charge is 0.205 e. The molecule has 124 valence electrons. The zero-order valence-corrected chi connectivity index (χ0v) is 15.2. The first-order valence-electron chi connectivity index (χ1n) is 8.21. The van der Waals surface area contributed by atoms with E-state index in [1.54, 1.807) is 14.2 Å². The predicted octanol–water partition coefficient (Wildman–Crippen LogP) is 5.89. The highest BCUT2D eigenvalue weighted by atomic mass is 31.2. The van der Waals surface area contributed by atoms with Crippen molar-refractivity contribution in [3.05, 3.63) is 78.9 Å². The summed E-state index contributed by atoms with van der Waals surface area (Å²) in [6, 6.07) is 27.7. The Bertz CT molecular complexity index is 1030. The van der Waals surface area contributed by atoms with E-state index in [1.807, 2.05) is 0 Å². The molecule has 0 unspecified atom stereocenters. The van der Waals surface area contributed by atoms with Crippen LogP contribution < -0.4 is 5.30 Å². The second kappa shape index (κ2) is 6.93. The molecule has 0 saturated heterocycles. The van der Waals surface area contributed by atoms with Crippen molar-refractivity contribution in [3.8, 4) is 11.1 Å². The molecule has 0 fully saturated rings. The van der Waals surface area contributed by atoms with Crippen LogP contribution >= 0.6 is 8.38 Å². The topological polar surface area (TPSA) is 18.5 Å². The Morgan fingerprint density at radius 1 is 0.600 bits per heavy atom. The van der Waals surface area contributed by atoms with E-state index >= 15 is 0 Å². The fraction of sp³-hybridized carbons (Fsp3) is 0.0909. The molecular weight excluding hydrogens is 327 g/mol. The molecular formula is C22H19O2P. The summed E-state index contributed by atoms with van der Waals surface area (Å²) >= 11 is 0. The fourth-order valence-corrected chi connectivity index (χ4v) is 4.57. The van der Waals surface area contributed by atoms with Crippen LogP contribution in [-0.2, 0) is 9.05 Å². The molecule has 4 aromatic rings. The molecule has 0 aliphatic rings. The third-order valence-corrected chi connectivity index (χ3v) is 5.92. The van der Waals surface area contributed by atoms with Gasteiger partial charge in [-0.3, -0.25) is 0 Å². The SMILES string of the molecule is COP(OC)c1ccc2ccccc2c1-c1cccc2ccccc12. The molecule has 0 bridgehead atoms. The average molecular weight is 346 g/mol. The van der Waals surface area contributed by atoms with Crippen LogP contribution in [0.25, 0.3) is 32.7 Å². The largest absolute Gasteiger partial charge is 0.334 e. The highest BCUT2D eigenvalue weighted by molar-refractivity contribution is 7.56. The average Bonchev–Trinajstić information content (AvgIpc) is 2.68. The Morgan fingerprint density at radius 3 is 1.92 bits per heavy atom. The summed E-state index contributed by atoms with van der Waals surface area (Å²) in [5.41, 5.74) is 2.41. The monoisotopic (exact) mass is 346 g/mol. The van der Waals surface area contributed by atoms with Gasteiger partial charge >= 0.3 is 0 Å². The molecule has 0 aliphatic heterocycles. The van der Waals surface area contributed by atoms with Crippen molar-refractivity contribution >= 4 is 35.2 Å². The van der Waals surface area contributed by atoms with Gasteiger partial charge in [0.2, 0.25) is 8.38 Å². The van der Waals surface area contributed by atoms with Crippen LogP contribution in [0.2, 0.25) is 0 Å². The maximum atomic E-state index is 5.65. The van der Waals surface area contributed by atoms with Crippen LogP contribution in [0.15, 0.2) is 78.9 Å². The molecule has 0 aliphatic carbocycles. The Labute approximate surface area is 148 Å². The number of benzene rings is 4. The van der Waals surface area contributed by atoms with Crippen molar-refractivity contribution < 1.29 is 9.05 Å². The number of fused-ring (bicyclic) bond motifs is 2. The van der Waals surface area contributed by atoms with Gasteiger partial charge in [0.1, 0.15) is 0 Å². The summed E-state index contributed by atoms with van der Waals surface area (Å²) in [5, 5.41) is 6.02. The first-order valence-corrected chi connectivity index (χ1v) is 9.39. The van der Waals surface area contributed by atoms with E-state index in [4.69, 9.17) is 9.05 Å². The van der Waals surface area contributed by atoms with Crippen LogP contribution in [0.5, 0.6) is 0 Å². The Morgan fingerprint density at radius 2 is 1.20 bits per heavy atom. The highest BCUT2D eigenvalue weighted by Crippen LogP contribution is 2.43. The van der Waals surface area contributed by atoms with Gasteiger partial charge in [-0.2, -0.15) is 0 Å². The first-order chi connectivity index (χ1) is 12.3. The Kier molecular flexibility index (Phi) is 4.50. The summed E-state index contributed by atoms with van der Waals surface area (Å²) in [6.45, 7) is 0. The van der Waals surface area contributed by atoms with Crippen molar-refractivity contribution in [2.24, 2.45) is 0 Å². The quantitative estimate of drug-likeness (QED) is 0.429. The lowest BCUT2D eigenvalue weighted by atomic mass is 9.94. The molecule has 4 aromatic carbocycles. The van der Waals surface area contributed by atoms with Gasteiger partial charge in [0.05, 0.1) is 0 Å². The van der Waals surface area contributed by atoms with Crippen LogP contribution in [0, 0.1) is 0 Å². The lowest BCUT2D eigenvalue weighted by Gasteiger charge is -2.20. The maximum absolute atomic E-state index is 5.65. The van der Waals surface area contributed by atoms with Gasteiger partial charge in [0.25, 0.3) is 0 Å². The second-order valence-electron chi connectivity index (χ2n) is 5.83. The number of rotatable bonds is 4. The third-order valence-electron chi connectivity index (χ3n) is 4.49. The van der Waals surface area contributed by atoms with Gasteiger partial charge in [-0.15, -0.1) is 0 Å². The molecule has 0 spiro atoms. The van der Waals surface area contributed by atoms with Crippen LogP contribution in [0.1, 0.15) is 0 Å². The lowest BCUT2D eigenvalue weighted by Crippen LogP contribution is -2.08. The van der Waals surface area contributed by atoms with Gasteiger partial charge in [-0.05, 0) is 33.2 Å². The van der Waals surface area contributed by atoms with Crippen molar-refractivity contribution in [2.75, 3.05) is 14.2 Å². The highest BCUT2D eigenvalue weighted by Gasteiger charge is 2.20. The van der Waals surface area contributed by atoms with Gasteiger partial charge in [0, 0.05) is 25.1 Å². The zero-order valence-electron chi connectivity index (χ0n) is 14.3. The summed E-state index contributed by atoms with van der Waals surface area (Å²) in [4.78, 5) is 0. The van der Waals surface area contributed by atoms with Crippen molar-refractivity contribution in [2.45, 2.75) is 0 Å². The molecule has 3 heteroatoms. The summed E-state index contributed by atoms with van der Waals surface area (Å²) < 4.78 is 11.3. The van der Waals surface area contributed by atoms with E-state index in [0.717, 1.165) is 5.30 Å². The van der Waals surface area contributed by atoms with Crippen molar-refractivity contribution in [1.29, 1.82) is 0 Å². The lowest BCUT2D eigenvalue weighted by molar-refractivity contribution is 0.350. The summed E-state index contributed by atoms with van der Waals surface area (Å²) in [5.74, 6) is 0. The van der Waals surface area contributed by atoms with E-state index in [9.17, 15) is 0 Å². The van der Waals surface area contributed by atoms with E-state index in [2.05, 4.69) is 78.9 Å². The molecule has 25 heavy (non-hydrogen) atoms. The van der Waals surface area contributed by atoms with E-state index in [-0.39, 0.29) is 0 Å². The minimum Gasteiger partial charge on any atom is -0.334 e. The van der Waals surface area contributed by atoms with Crippen LogP contribution in [0.4, 0.5) is 0 Å². The van der Waals surface area contributed by atoms with Gasteiger partial charge in [-0.25, -0.2) is 0 Å². The van der Waals surface area contributed by atoms with Crippen LogP contribution in [0.3, 0.4) is 0 Å². The molecule has 0 atom stereocenters. The maximum Gasteiger partial charge on any atom is 0.205 e. The second-order valence-corrected chi connectivity index (χ2v) is 7.56. The molecule has 2 nitrogen and oxygen atoms in total. The minimum absolute atomic E-state index is 1.11. The minimum atomic E-state index is -1.12. The fourth-order valence-electron chi connectivity index (χ4n) is 3.41. The number of hydrogen-bond acceptors (Lipinski definition) is 2. The molecule has 0 heterocycles. The first kappa shape index (κ1) is 16.2. The van der Waals surface area contributed by atoms with Gasteiger partial charge in [0.15, 0.2) is 0 Å². The predicted molar refractivity (Wildman–Crippen MR) is 107 cm³/mol. The standard InChI is InChI=1S/C22H19O2P/c1-23-25(24-2)21-15-14-17-9-4-6-12-19(17)22(21)20-13-7-10-16-8-3-5-11-18(16)20/h3-15H,1-2H3. The molecule has 0 aromatic heterocycles. The Hall–Kier alpha value is -2.25. The molecule has 0 saturated carbocycles. The molecule has 4 rings (SSSR count). The van der Waals surface area contributed by atoms with Crippen molar-refractivity contribution in [1.82, 2.24) is 0 Å². The van der Waals surface area contributed by atoms with E-state index < -0.39 is 8.38 Å². The van der Waals surface area contributed by atoms with E-state index in [0.29, 0.717) is 0 Å². The number of hydrogen-bond donors (Lipinski definition) is 0. The van der Waals surface area contributed by atoms with Gasteiger partial charge in [-0.1, -0.05) is 72.8 Å².